The molecule has 0 aliphatic heterocycles. The van der Waals surface area contributed by atoms with Gasteiger partial charge in [0.25, 0.3) is 0 Å². The van der Waals surface area contributed by atoms with E-state index in [2.05, 4.69) is 4.98 Å². The van der Waals surface area contributed by atoms with Crippen molar-refractivity contribution in [3.63, 3.8) is 0 Å². The van der Waals surface area contributed by atoms with Crippen molar-refractivity contribution < 1.29 is 9.90 Å². The Hall–Kier alpha value is -1.13. The highest BCUT2D eigenvalue weighted by molar-refractivity contribution is 5.85. The molecule has 0 aliphatic carbocycles. The van der Waals surface area contributed by atoms with Gasteiger partial charge in [0.15, 0.2) is 0 Å². The Morgan fingerprint density at radius 3 is 2.77 bits per heavy atom. The molecule has 0 saturated carbocycles. The first-order chi connectivity index (χ1) is 5.70. The third kappa shape index (κ3) is 3.87. The van der Waals surface area contributed by atoms with E-state index in [0.717, 1.165) is 0 Å². The quantitative estimate of drug-likeness (QED) is 0.766. The molecular formula is C8H11ClN2O2. The predicted octanol–water partition coefficient (Wildman–Crippen LogP) is 0.978. The average Bonchev–Trinajstić information content (AvgIpc) is 2.05. The van der Waals surface area contributed by atoms with Gasteiger partial charge >= 0.3 is 5.97 Å². The Labute approximate surface area is 82.2 Å². The fraction of sp³-hybridized carbons (Fsp3) is 0.250. The Morgan fingerprint density at radius 1 is 1.62 bits per heavy atom. The smallest absolute Gasteiger partial charge is 0.305 e. The van der Waals surface area contributed by atoms with E-state index in [1.165, 1.54) is 0 Å². The molecule has 0 saturated heterocycles. The first-order valence-electron chi connectivity index (χ1n) is 3.58. The van der Waals surface area contributed by atoms with Crippen molar-refractivity contribution >= 4 is 18.4 Å². The van der Waals surface area contributed by atoms with Gasteiger partial charge in [-0.2, -0.15) is 0 Å². The predicted molar refractivity (Wildman–Crippen MR) is 50.7 cm³/mol. The molecule has 1 aromatic heterocycles. The zero-order valence-corrected chi connectivity index (χ0v) is 7.70. The summed E-state index contributed by atoms with van der Waals surface area (Å²) < 4.78 is 0. The molecule has 5 heteroatoms. The second-order valence-corrected chi connectivity index (χ2v) is 2.46. The number of hydrogen-bond acceptors (Lipinski definition) is 3. The summed E-state index contributed by atoms with van der Waals surface area (Å²) in [6, 6.07) is 4.75. The van der Waals surface area contributed by atoms with Gasteiger partial charge in [0.2, 0.25) is 0 Å². The molecule has 4 nitrogen and oxygen atoms in total. The normalized spacial score (nSPS) is 11.5. The summed E-state index contributed by atoms with van der Waals surface area (Å²) in [7, 11) is 0. The lowest BCUT2D eigenvalue weighted by molar-refractivity contribution is -0.137. The highest BCUT2D eigenvalue weighted by atomic mass is 35.5. The fourth-order valence-electron chi connectivity index (χ4n) is 0.888. The lowest BCUT2D eigenvalue weighted by Gasteiger charge is -2.06. The first kappa shape index (κ1) is 11.9. The third-order valence-electron chi connectivity index (χ3n) is 1.46. The molecule has 13 heavy (non-hydrogen) atoms. The molecule has 1 aromatic rings. The van der Waals surface area contributed by atoms with Crippen LogP contribution in [0.4, 0.5) is 0 Å². The lowest BCUT2D eigenvalue weighted by Crippen LogP contribution is -2.15. The average molecular weight is 203 g/mol. The molecule has 0 spiro atoms. The van der Waals surface area contributed by atoms with E-state index >= 15 is 0 Å². The highest BCUT2D eigenvalue weighted by Crippen LogP contribution is 2.09. The van der Waals surface area contributed by atoms with Gasteiger partial charge in [0, 0.05) is 6.20 Å². The van der Waals surface area contributed by atoms with Crippen molar-refractivity contribution in [1.82, 2.24) is 4.98 Å². The number of carboxylic acid groups (broad SMARTS) is 1. The first-order valence-corrected chi connectivity index (χ1v) is 3.58. The van der Waals surface area contributed by atoms with Gasteiger partial charge < -0.3 is 10.8 Å². The van der Waals surface area contributed by atoms with Crippen LogP contribution in [0.3, 0.4) is 0 Å². The number of nitrogens with zero attached hydrogens (tertiary/aromatic N) is 1. The van der Waals surface area contributed by atoms with Gasteiger partial charge in [-0.15, -0.1) is 12.4 Å². The lowest BCUT2D eigenvalue weighted by atomic mass is 10.1. The van der Waals surface area contributed by atoms with E-state index in [0.29, 0.717) is 5.69 Å². The molecule has 0 aromatic carbocycles. The molecule has 1 rings (SSSR count). The van der Waals surface area contributed by atoms with Gasteiger partial charge in [-0.25, -0.2) is 0 Å². The van der Waals surface area contributed by atoms with Crippen molar-refractivity contribution in [3.05, 3.63) is 30.1 Å². The molecule has 0 fully saturated rings. The summed E-state index contributed by atoms with van der Waals surface area (Å²) >= 11 is 0. The molecule has 0 aliphatic rings. The number of hydrogen-bond donors (Lipinski definition) is 2. The number of aliphatic carboxylic acids is 1. The van der Waals surface area contributed by atoms with Gasteiger partial charge in [-0.1, -0.05) is 6.07 Å². The van der Waals surface area contributed by atoms with Crippen molar-refractivity contribution in [2.24, 2.45) is 5.73 Å². The van der Waals surface area contributed by atoms with Gasteiger partial charge in [-0.3, -0.25) is 9.78 Å². The molecule has 72 valence electrons. The monoisotopic (exact) mass is 202 g/mol. The van der Waals surface area contributed by atoms with Gasteiger partial charge in [-0.05, 0) is 12.1 Å². The minimum absolute atomic E-state index is 0. The molecular weight excluding hydrogens is 192 g/mol. The van der Waals surface area contributed by atoms with Gasteiger partial charge in [0.1, 0.15) is 0 Å². The molecule has 1 atom stereocenters. The van der Waals surface area contributed by atoms with E-state index in [9.17, 15) is 4.79 Å². The minimum Gasteiger partial charge on any atom is -0.481 e. The van der Waals surface area contributed by atoms with Crippen molar-refractivity contribution in [2.45, 2.75) is 12.5 Å². The maximum Gasteiger partial charge on any atom is 0.305 e. The number of carboxylic acids is 1. The Morgan fingerprint density at radius 2 is 2.31 bits per heavy atom. The van der Waals surface area contributed by atoms with Gasteiger partial charge in [0.05, 0.1) is 18.2 Å². The second kappa shape index (κ2) is 5.50. The number of halogens is 1. The number of aromatic nitrogens is 1. The molecule has 3 N–H and O–H groups in total. The van der Waals surface area contributed by atoms with Crippen molar-refractivity contribution in [2.75, 3.05) is 0 Å². The molecule has 0 bridgehead atoms. The summed E-state index contributed by atoms with van der Waals surface area (Å²) in [5, 5.41) is 8.44. The van der Waals surface area contributed by atoms with Crippen molar-refractivity contribution in [3.8, 4) is 0 Å². The molecule has 1 heterocycles. The Kier molecular flexibility index (Phi) is 5.03. The highest BCUT2D eigenvalue weighted by Gasteiger charge is 2.10. The Bertz CT molecular complexity index is 266. The van der Waals surface area contributed by atoms with Crippen LogP contribution in [-0.2, 0) is 4.79 Å². The minimum atomic E-state index is -0.909. The molecule has 0 radical (unpaired) electrons. The SMILES string of the molecule is Cl.N[C@@H](CC(=O)O)c1ccccn1. The van der Waals surface area contributed by atoms with Crippen LogP contribution in [0, 0.1) is 0 Å². The number of carbonyl (C=O) groups is 1. The summed E-state index contributed by atoms with van der Waals surface area (Å²) in [5.74, 6) is -0.909. The second-order valence-electron chi connectivity index (χ2n) is 2.46. The maximum atomic E-state index is 10.3. The van der Waals surface area contributed by atoms with E-state index in [-0.39, 0.29) is 18.8 Å². The summed E-state index contributed by atoms with van der Waals surface area (Å²) in [6.45, 7) is 0. The van der Waals surface area contributed by atoms with Crippen LogP contribution in [-0.4, -0.2) is 16.1 Å². The van der Waals surface area contributed by atoms with Crippen LogP contribution in [0.15, 0.2) is 24.4 Å². The van der Waals surface area contributed by atoms with E-state index in [4.69, 9.17) is 10.8 Å². The standard InChI is InChI=1S/C8H10N2O2.ClH/c9-6(5-8(11)12)7-3-1-2-4-10-7;/h1-4,6H,5,9H2,(H,11,12);1H/t6-;/m0./s1. The third-order valence-corrected chi connectivity index (χ3v) is 1.46. The Balaban J connectivity index is 0.00000144. The topological polar surface area (TPSA) is 76.2 Å². The molecule has 0 amide bonds. The summed E-state index contributed by atoms with van der Waals surface area (Å²) in [6.07, 6.45) is 1.51. The van der Waals surface area contributed by atoms with Crippen LogP contribution in [0.1, 0.15) is 18.2 Å². The zero-order chi connectivity index (χ0) is 8.97. The van der Waals surface area contributed by atoms with E-state index in [1.807, 2.05) is 0 Å². The van der Waals surface area contributed by atoms with Crippen LogP contribution in [0.5, 0.6) is 0 Å². The van der Waals surface area contributed by atoms with Crippen LogP contribution in [0.2, 0.25) is 0 Å². The largest absolute Gasteiger partial charge is 0.481 e. The van der Waals surface area contributed by atoms with E-state index in [1.54, 1.807) is 24.4 Å². The maximum absolute atomic E-state index is 10.3. The van der Waals surface area contributed by atoms with Crippen LogP contribution >= 0.6 is 12.4 Å². The van der Waals surface area contributed by atoms with Crippen molar-refractivity contribution in [1.29, 1.82) is 0 Å². The van der Waals surface area contributed by atoms with Crippen LogP contribution in [0.25, 0.3) is 0 Å². The number of nitrogens with two attached hydrogens (primary N) is 1. The zero-order valence-electron chi connectivity index (χ0n) is 6.88. The summed E-state index contributed by atoms with van der Waals surface area (Å²) in [4.78, 5) is 14.2. The number of rotatable bonds is 3. The fourth-order valence-corrected chi connectivity index (χ4v) is 0.888. The number of pyridine rings is 1. The van der Waals surface area contributed by atoms with E-state index < -0.39 is 12.0 Å². The molecule has 0 unspecified atom stereocenters. The summed E-state index contributed by atoms with van der Waals surface area (Å²) in [5.41, 5.74) is 6.16. The van der Waals surface area contributed by atoms with Crippen LogP contribution < -0.4 is 5.73 Å².